The summed E-state index contributed by atoms with van der Waals surface area (Å²) in [5, 5.41) is 35.0. The van der Waals surface area contributed by atoms with Crippen LogP contribution in [0.1, 0.15) is 31.4 Å². The maximum Gasteiger partial charge on any atom is 0.162 e. The zero-order chi connectivity index (χ0) is 18.3. The van der Waals surface area contributed by atoms with Gasteiger partial charge in [-0.25, -0.2) is 0 Å². The van der Waals surface area contributed by atoms with Crippen LogP contribution in [0.2, 0.25) is 0 Å². The summed E-state index contributed by atoms with van der Waals surface area (Å²) in [6, 6.07) is 5.33. The lowest BCUT2D eigenvalue weighted by molar-refractivity contribution is -0.297. The van der Waals surface area contributed by atoms with Gasteiger partial charge < -0.3 is 15.3 Å². The van der Waals surface area contributed by atoms with E-state index < -0.39 is 28.8 Å². The third-order valence-electron chi connectivity index (χ3n) is 2.79. The molecule has 0 aliphatic carbocycles. The molecule has 6 nitrogen and oxygen atoms in total. The molecule has 126 valence electrons. The van der Waals surface area contributed by atoms with Crippen molar-refractivity contribution < 1.29 is 29.7 Å². The molecule has 0 amide bonds. The molecule has 24 heavy (non-hydrogen) atoms. The maximum atomic E-state index is 11.8. The largest absolute Gasteiger partial charge is 0.872 e. The smallest absolute Gasteiger partial charge is 0.162 e. The Balaban J connectivity index is 2.95. The number of hydrogen-bond donors (Lipinski definition) is 0. The maximum absolute atomic E-state index is 11.8. The summed E-state index contributed by atoms with van der Waals surface area (Å²) in [4.78, 5) is 32.9. The molecule has 0 atom stereocenters. The van der Waals surface area contributed by atoms with Crippen LogP contribution >= 0.6 is 0 Å². The molecule has 0 bridgehead atoms. The van der Waals surface area contributed by atoms with E-state index in [1.165, 1.54) is 38.1 Å². The molecule has 0 aliphatic heterocycles. The van der Waals surface area contributed by atoms with Gasteiger partial charge in [0.05, 0.1) is 6.42 Å². The summed E-state index contributed by atoms with van der Waals surface area (Å²) >= 11 is 0. The lowest BCUT2D eigenvalue weighted by Gasteiger charge is -2.17. The molecule has 0 aliphatic rings. The number of carbonyl (C=O) groups excluding carboxylic acids is 3. The summed E-state index contributed by atoms with van der Waals surface area (Å²) < 4.78 is 0. The average molecular weight is 327 g/mol. The van der Waals surface area contributed by atoms with Gasteiger partial charge >= 0.3 is 0 Å². The molecule has 1 aromatic carbocycles. The summed E-state index contributed by atoms with van der Waals surface area (Å²) in [5.74, 6) is -3.29. The molecule has 0 saturated carbocycles. The second-order valence-electron chi connectivity index (χ2n) is 5.10. The highest BCUT2D eigenvalue weighted by Crippen LogP contribution is 2.15. The van der Waals surface area contributed by atoms with Crippen molar-refractivity contribution in [2.24, 2.45) is 0 Å². The molecular formula is C18H15O6-3. The Morgan fingerprint density at radius 3 is 1.71 bits per heavy atom. The molecule has 0 aromatic heterocycles. The molecule has 0 spiro atoms. The van der Waals surface area contributed by atoms with E-state index in [2.05, 4.69) is 0 Å². The van der Waals surface area contributed by atoms with Crippen LogP contribution < -0.4 is 15.3 Å². The molecule has 6 heteroatoms. The van der Waals surface area contributed by atoms with Gasteiger partial charge in [0.1, 0.15) is 5.78 Å². The second-order valence-corrected chi connectivity index (χ2v) is 5.10. The third-order valence-corrected chi connectivity index (χ3v) is 2.79. The Morgan fingerprint density at radius 1 is 0.833 bits per heavy atom. The van der Waals surface area contributed by atoms with E-state index in [0.29, 0.717) is 0 Å². The molecule has 0 radical (unpaired) electrons. The molecular weight excluding hydrogens is 312 g/mol. The molecule has 0 fully saturated rings. The van der Waals surface area contributed by atoms with E-state index in [9.17, 15) is 29.7 Å². The van der Waals surface area contributed by atoms with Crippen molar-refractivity contribution in [1.82, 2.24) is 0 Å². The first kappa shape index (κ1) is 18.9. The number of rotatable bonds is 7. The van der Waals surface area contributed by atoms with Crippen molar-refractivity contribution in [2.45, 2.75) is 20.3 Å². The van der Waals surface area contributed by atoms with Crippen molar-refractivity contribution in [1.29, 1.82) is 0 Å². The quantitative estimate of drug-likeness (QED) is 0.287. The van der Waals surface area contributed by atoms with Crippen molar-refractivity contribution in [2.75, 3.05) is 0 Å². The monoisotopic (exact) mass is 327 g/mol. The first-order valence-corrected chi connectivity index (χ1v) is 6.99. The number of ketones is 3. The highest BCUT2D eigenvalue weighted by Gasteiger charge is 2.02. The lowest BCUT2D eigenvalue weighted by Crippen LogP contribution is -2.10. The van der Waals surface area contributed by atoms with E-state index in [-0.39, 0.29) is 23.3 Å². The van der Waals surface area contributed by atoms with Crippen molar-refractivity contribution in [3.05, 3.63) is 59.4 Å². The summed E-state index contributed by atoms with van der Waals surface area (Å²) in [7, 11) is 0. The van der Waals surface area contributed by atoms with Gasteiger partial charge in [-0.2, -0.15) is 0 Å². The van der Waals surface area contributed by atoms with E-state index in [4.69, 9.17) is 0 Å². The van der Waals surface area contributed by atoms with E-state index >= 15 is 0 Å². The Bertz CT molecular complexity index is 735. The number of carbonyl (C=O) groups is 3. The zero-order valence-corrected chi connectivity index (χ0v) is 13.2. The van der Waals surface area contributed by atoms with Gasteiger partial charge in [-0.05, 0) is 37.1 Å². The Kier molecular flexibility index (Phi) is 6.67. The highest BCUT2D eigenvalue weighted by molar-refractivity contribution is 6.06. The topological polar surface area (TPSA) is 120 Å². The molecule has 1 aromatic rings. The van der Waals surface area contributed by atoms with Crippen LogP contribution in [0.5, 0.6) is 0 Å². The molecule has 0 N–H and O–H groups in total. The summed E-state index contributed by atoms with van der Waals surface area (Å²) in [5.41, 5.74) is 0.331. The predicted octanol–water partition coefficient (Wildman–Crippen LogP) is -0.530. The first-order chi connectivity index (χ1) is 11.2. The Labute approximate surface area is 139 Å². The number of Topliss-reactive ketones (excluding diaryl/α,β-unsaturated/α-hetero) is 1. The minimum Gasteiger partial charge on any atom is -0.872 e. The van der Waals surface area contributed by atoms with Crippen LogP contribution in [0.4, 0.5) is 0 Å². The van der Waals surface area contributed by atoms with Gasteiger partial charge in [0.15, 0.2) is 11.6 Å². The van der Waals surface area contributed by atoms with Crippen LogP contribution in [0, 0.1) is 0 Å². The highest BCUT2D eigenvalue weighted by atomic mass is 16.3. The van der Waals surface area contributed by atoms with Gasteiger partial charge in [0.25, 0.3) is 0 Å². The molecule has 0 heterocycles. The fraction of sp³-hybridized carbons (Fsp3) is 0.167. The fourth-order valence-corrected chi connectivity index (χ4v) is 1.78. The SMILES string of the molecule is CC(=O)/C=C([O-])/C=C(\[O-])c1ccc(/C([O-])=C/C(=O)CC(C)=O)cc1. The van der Waals surface area contributed by atoms with Crippen molar-refractivity contribution in [3.63, 3.8) is 0 Å². The van der Waals surface area contributed by atoms with Gasteiger partial charge in [0, 0.05) is 0 Å². The minimum absolute atomic E-state index is 0.159. The molecule has 0 saturated heterocycles. The van der Waals surface area contributed by atoms with Crippen molar-refractivity contribution in [3.8, 4) is 0 Å². The molecule has 1 rings (SSSR count). The third kappa shape index (κ3) is 6.31. The summed E-state index contributed by atoms with van der Waals surface area (Å²) in [6.07, 6.45) is 2.06. The van der Waals surface area contributed by atoms with Crippen LogP contribution in [-0.4, -0.2) is 17.3 Å². The minimum atomic E-state index is -0.712. The first-order valence-electron chi connectivity index (χ1n) is 6.99. The molecule has 0 unspecified atom stereocenters. The Hall–Kier alpha value is -3.15. The van der Waals surface area contributed by atoms with Crippen LogP contribution in [0.25, 0.3) is 11.5 Å². The van der Waals surface area contributed by atoms with Gasteiger partial charge in [-0.3, -0.25) is 14.4 Å². The zero-order valence-electron chi connectivity index (χ0n) is 13.2. The fourth-order valence-electron chi connectivity index (χ4n) is 1.78. The van der Waals surface area contributed by atoms with Gasteiger partial charge in [-0.15, -0.1) is 11.5 Å². The standard InChI is InChI=1S/C18H18O6/c1-11(19)7-15(21)9-17(23)13-3-5-14(6-4-13)18(24)10-16(22)8-12(2)20/h3-7,9-10,21,23-24H,8H2,1-2H3/p-3/b15-7-,17-9-,18-10-. The van der Waals surface area contributed by atoms with E-state index in [0.717, 1.165) is 18.2 Å². The van der Waals surface area contributed by atoms with Crippen LogP contribution in [0.15, 0.2) is 48.3 Å². The van der Waals surface area contributed by atoms with E-state index in [1.54, 1.807) is 0 Å². The predicted molar refractivity (Wildman–Crippen MR) is 81.5 cm³/mol. The summed E-state index contributed by atoms with van der Waals surface area (Å²) in [6.45, 7) is 2.44. The van der Waals surface area contributed by atoms with Crippen LogP contribution in [-0.2, 0) is 14.4 Å². The number of benzene rings is 1. The number of hydrogen-bond acceptors (Lipinski definition) is 6. The van der Waals surface area contributed by atoms with Crippen molar-refractivity contribution >= 4 is 28.9 Å². The normalized spacial score (nSPS) is 12.8. The van der Waals surface area contributed by atoms with Gasteiger partial charge in [0.2, 0.25) is 0 Å². The number of allylic oxidation sites excluding steroid dienone is 3. The van der Waals surface area contributed by atoms with Gasteiger partial charge in [-0.1, -0.05) is 36.1 Å². The average Bonchev–Trinajstić information content (AvgIpc) is 2.45. The van der Waals surface area contributed by atoms with Crippen LogP contribution in [0.3, 0.4) is 0 Å². The second kappa shape index (κ2) is 8.47. The Morgan fingerprint density at radius 2 is 1.29 bits per heavy atom. The van der Waals surface area contributed by atoms with E-state index in [1.807, 2.05) is 0 Å². The lowest BCUT2D eigenvalue weighted by atomic mass is 10.1.